The maximum Gasteiger partial charge on any atom is 0.311 e. The van der Waals surface area contributed by atoms with E-state index in [0.29, 0.717) is 17.4 Å². The maximum atomic E-state index is 13.3. The van der Waals surface area contributed by atoms with Gasteiger partial charge >= 0.3 is 5.97 Å². The Labute approximate surface area is 133 Å². The van der Waals surface area contributed by atoms with Crippen molar-refractivity contribution in [2.45, 2.75) is 33.2 Å². The summed E-state index contributed by atoms with van der Waals surface area (Å²) in [5.41, 5.74) is 0.319. The SMILES string of the molecule is CC(c1ccc(F)c(Br)c1)N1CCC(C(=O)O)(C(C)C)C1. The van der Waals surface area contributed by atoms with Crippen molar-refractivity contribution in [3.05, 3.63) is 34.1 Å². The molecule has 0 radical (unpaired) electrons. The number of hydrogen-bond donors (Lipinski definition) is 1. The number of aliphatic carboxylic acids is 1. The van der Waals surface area contributed by atoms with Gasteiger partial charge in [-0.3, -0.25) is 9.69 Å². The Bertz CT molecular complexity index is 549. The molecule has 1 saturated heterocycles. The third kappa shape index (κ3) is 2.99. The number of rotatable bonds is 4. The third-order valence-corrected chi connectivity index (χ3v) is 5.44. The second kappa shape index (κ2) is 6.05. The second-order valence-corrected chi connectivity index (χ2v) is 7.04. The Morgan fingerprint density at radius 3 is 2.57 bits per heavy atom. The van der Waals surface area contributed by atoms with E-state index in [1.807, 2.05) is 20.8 Å². The van der Waals surface area contributed by atoms with Crippen LogP contribution in [0.4, 0.5) is 4.39 Å². The van der Waals surface area contributed by atoms with E-state index in [4.69, 9.17) is 0 Å². The molecule has 1 heterocycles. The van der Waals surface area contributed by atoms with Crippen LogP contribution in [0, 0.1) is 17.2 Å². The second-order valence-electron chi connectivity index (χ2n) is 6.19. The molecule has 1 aliphatic heterocycles. The van der Waals surface area contributed by atoms with E-state index in [1.54, 1.807) is 12.1 Å². The van der Waals surface area contributed by atoms with E-state index in [2.05, 4.69) is 20.8 Å². The number of likely N-dealkylation sites (tertiary alicyclic amines) is 1. The summed E-state index contributed by atoms with van der Waals surface area (Å²) in [6.07, 6.45) is 0.659. The summed E-state index contributed by atoms with van der Waals surface area (Å²) < 4.78 is 13.8. The summed E-state index contributed by atoms with van der Waals surface area (Å²) in [4.78, 5) is 13.9. The van der Waals surface area contributed by atoms with Gasteiger partial charge in [0.05, 0.1) is 9.89 Å². The first kappa shape index (κ1) is 16.4. The minimum atomic E-state index is -0.715. The molecule has 1 fully saturated rings. The van der Waals surface area contributed by atoms with Gasteiger partial charge in [-0.25, -0.2) is 4.39 Å². The van der Waals surface area contributed by atoms with Gasteiger partial charge in [0.25, 0.3) is 0 Å². The molecule has 1 aromatic carbocycles. The molecule has 0 saturated carbocycles. The van der Waals surface area contributed by atoms with Crippen LogP contribution in [0.1, 0.15) is 38.8 Å². The molecule has 21 heavy (non-hydrogen) atoms. The maximum absolute atomic E-state index is 13.3. The zero-order valence-electron chi connectivity index (χ0n) is 12.6. The quantitative estimate of drug-likeness (QED) is 0.882. The predicted molar refractivity (Wildman–Crippen MR) is 83.6 cm³/mol. The van der Waals surface area contributed by atoms with Gasteiger partial charge in [0, 0.05) is 12.6 Å². The average Bonchev–Trinajstić information content (AvgIpc) is 2.87. The van der Waals surface area contributed by atoms with Crippen LogP contribution >= 0.6 is 15.9 Å². The van der Waals surface area contributed by atoms with Crippen molar-refractivity contribution in [3.8, 4) is 0 Å². The molecule has 1 aliphatic rings. The molecule has 2 rings (SSSR count). The molecule has 0 bridgehead atoms. The molecule has 5 heteroatoms. The number of carboxylic acids is 1. The summed E-state index contributed by atoms with van der Waals surface area (Å²) in [5, 5.41) is 9.60. The van der Waals surface area contributed by atoms with Gasteiger partial charge in [0.1, 0.15) is 5.82 Å². The van der Waals surface area contributed by atoms with Gasteiger partial charge in [-0.15, -0.1) is 0 Å². The van der Waals surface area contributed by atoms with Crippen LogP contribution in [-0.4, -0.2) is 29.1 Å². The zero-order chi connectivity index (χ0) is 15.8. The minimum Gasteiger partial charge on any atom is -0.481 e. The lowest BCUT2D eigenvalue weighted by atomic mass is 9.76. The Kier molecular flexibility index (Phi) is 4.73. The molecular weight excluding hydrogens is 337 g/mol. The van der Waals surface area contributed by atoms with Gasteiger partial charge in [-0.1, -0.05) is 19.9 Å². The van der Waals surface area contributed by atoms with Crippen molar-refractivity contribution in [1.82, 2.24) is 4.90 Å². The smallest absolute Gasteiger partial charge is 0.311 e. The molecule has 1 aromatic rings. The fraction of sp³-hybridized carbons (Fsp3) is 0.562. The highest BCUT2D eigenvalue weighted by Crippen LogP contribution is 2.41. The van der Waals surface area contributed by atoms with Gasteiger partial charge < -0.3 is 5.11 Å². The molecule has 116 valence electrons. The van der Waals surface area contributed by atoms with Gasteiger partial charge in [0.2, 0.25) is 0 Å². The largest absolute Gasteiger partial charge is 0.481 e. The topological polar surface area (TPSA) is 40.5 Å². The number of benzene rings is 1. The summed E-state index contributed by atoms with van der Waals surface area (Å²) >= 11 is 3.20. The van der Waals surface area contributed by atoms with Crippen molar-refractivity contribution in [2.24, 2.45) is 11.3 Å². The van der Waals surface area contributed by atoms with Crippen LogP contribution in [0.3, 0.4) is 0 Å². The Balaban J connectivity index is 2.20. The molecule has 0 aromatic heterocycles. The van der Waals surface area contributed by atoms with Crippen LogP contribution in [-0.2, 0) is 4.79 Å². The first-order valence-corrected chi connectivity index (χ1v) is 7.99. The normalized spacial score (nSPS) is 24.5. The van der Waals surface area contributed by atoms with E-state index >= 15 is 0 Å². The number of carboxylic acid groups (broad SMARTS) is 1. The number of carbonyl (C=O) groups is 1. The van der Waals surface area contributed by atoms with Gasteiger partial charge in [-0.2, -0.15) is 0 Å². The van der Waals surface area contributed by atoms with Crippen molar-refractivity contribution >= 4 is 21.9 Å². The lowest BCUT2D eigenvalue weighted by Crippen LogP contribution is -2.39. The summed E-state index contributed by atoms with van der Waals surface area (Å²) in [6.45, 7) is 7.27. The summed E-state index contributed by atoms with van der Waals surface area (Å²) in [6, 6.07) is 5.05. The number of nitrogens with zero attached hydrogens (tertiary/aromatic N) is 1. The first-order chi connectivity index (χ1) is 9.78. The van der Waals surface area contributed by atoms with Crippen LogP contribution in [0.15, 0.2) is 22.7 Å². The molecule has 1 N–H and O–H groups in total. The third-order valence-electron chi connectivity index (χ3n) is 4.84. The molecule has 0 aliphatic carbocycles. The molecule has 2 unspecified atom stereocenters. The van der Waals surface area contributed by atoms with Crippen molar-refractivity contribution < 1.29 is 14.3 Å². The molecule has 3 nitrogen and oxygen atoms in total. The van der Waals surface area contributed by atoms with E-state index in [-0.39, 0.29) is 17.8 Å². The van der Waals surface area contributed by atoms with Crippen LogP contribution in [0.5, 0.6) is 0 Å². The van der Waals surface area contributed by atoms with Gasteiger partial charge in [-0.05, 0) is 59.4 Å². The molecule has 0 spiro atoms. The highest BCUT2D eigenvalue weighted by molar-refractivity contribution is 9.10. The molecule has 0 amide bonds. The monoisotopic (exact) mass is 357 g/mol. The Hall–Kier alpha value is -0.940. The van der Waals surface area contributed by atoms with Crippen molar-refractivity contribution in [2.75, 3.05) is 13.1 Å². The van der Waals surface area contributed by atoms with Crippen LogP contribution < -0.4 is 0 Å². The zero-order valence-corrected chi connectivity index (χ0v) is 14.2. The standard InChI is InChI=1S/C16H21BrFNO2/c1-10(2)16(15(20)21)6-7-19(9-16)11(3)12-4-5-14(18)13(17)8-12/h4-5,8,10-11H,6-7,9H2,1-3H3,(H,20,21). The Morgan fingerprint density at radius 2 is 2.10 bits per heavy atom. The Morgan fingerprint density at radius 1 is 1.43 bits per heavy atom. The summed E-state index contributed by atoms with van der Waals surface area (Å²) in [5.74, 6) is -0.908. The van der Waals surface area contributed by atoms with E-state index in [9.17, 15) is 14.3 Å². The van der Waals surface area contributed by atoms with Crippen LogP contribution in [0.25, 0.3) is 0 Å². The van der Waals surface area contributed by atoms with E-state index in [1.165, 1.54) is 6.07 Å². The number of hydrogen-bond acceptors (Lipinski definition) is 2. The fourth-order valence-electron chi connectivity index (χ4n) is 3.07. The molecular formula is C16H21BrFNO2. The minimum absolute atomic E-state index is 0.0712. The predicted octanol–water partition coefficient (Wildman–Crippen LogP) is 4.08. The van der Waals surface area contributed by atoms with Gasteiger partial charge in [0.15, 0.2) is 0 Å². The highest BCUT2D eigenvalue weighted by atomic mass is 79.9. The van der Waals surface area contributed by atoms with Crippen molar-refractivity contribution in [1.29, 1.82) is 0 Å². The lowest BCUT2D eigenvalue weighted by molar-refractivity contribution is -0.151. The van der Waals surface area contributed by atoms with E-state index < -0.39 is 11.4 Å². The van der Waals surface area contributed by atoms with Crippen LogP contribution in [0.2, 0.25) is 0 Å². The molecule has 2 atom stereocenters. The fourth-order valence-corrected chi connectivity index (χ4v) is 3.47. The summed E-state index contributed by atoms with van der Waals surface area (Å²) in [7, 11) is 0. The number of halogens is 2. The lowest BCUT2D eigenvalue weighted by Gasteiger charge is -2.31. The van der Waals surface area contributed by atoms with Crippen molar-refractivity contribution in [3.63, 3.8) is 0 Å². The highest BCUT2D eigenvalue weighted by Gasteiger charge is 2.48. The first-order valence-electron chi connectivity index (χ1n) is 7.20. The van der Waals surface area contributed by atoms with E-state index in [0.717, 1.165) is 12.1 Å². The average molecular weight is 358 g/mol.